The molecule has 3 rings (SSSR count). The van der Waals surface area contributed by atoms with Crippen molar-refractivity contribution in [2.75, 3.05) is 11.9 Å². The number of rotatable bonds is 4. The van der Waals surface area contributed by atoms with E-state index in [1.807, 2.05) is 18.2 Å². The molecule has 0 radical (unpaired) electrons. The summed E-state index contributed by atoms with van der Waals surface area (Å²) in [6, 6.07) is 7.12. The van der Waals surface area contributed by atoms with Gasteiger partial charge in [-0.3, -0.25) is 9.20 Å². The molecule has 4 nitrogen and oxygen atoms in total. The molecule has 2 aromatic heterocycles. The van der Waals surface area contributed by atoms with Crippen LogP contribution in [0.4, 0.5) is 5.82 Å². The minimum absolute atomic E-state index is 0.0463. The van der Waals surface area contributed by atoms with Crippen molar-refractivity contribution in [2.45, 2.75) is 32.1 Å². The van der Waals surface area contributed by atoms with E-state index in [1.54, 1.807) is 16.7 Å². The van der Waals surface area contributed by atoms with Crippen LogP contribution in [0.1, 0.15) is 32.1 Å². The predicted octanol–water partition coefficient (Wildman–Crippen LogP) is 3.00. The van der Waals surface area contributed by atoms with E-state index in [2.05, 4.69) is 16.4 Å². The fraction of sp³-hybridized carbons (Fsp3) is 0.375. The van der Waals surface area contributed by atoms with Crippen molar-refractivity contribution >= 4 is 11.5 Å². The first-order valence-corrected chi connectivity index (χ1v) is 7.23. The molecule has 2 aromatic rings. The molecule has 4 heteroatoms. The van der Waals surface area contributed by atoms with Crippen LogP contribution < -0.4 is 10.9 Å². The quantitative estimate of drug-likeness (QED) is 0.868. The van der Waals surface area contributed by atoms with Crippen LogP contribution in [0.2, 0.25) is 0 Å². The summed E-state index contributed by atoms with van der Waals surface area (Å²) in [4.78, 5) is 16.4. The van der Waals surface area contributed by atoms with Gasteiger partial charge < -0.3 is 5.32 Å². The number of pyridine rings is 1. The maximum Gasteiger partial charge on any atom is 0.259 e. The van der Waals surface area contributed by atoms with Crippen LogP contribution in [0.25, 0.3) is 5.65 Å². The molecule has 1 aliphatic rings. The molecule has 0 amide bonds. The number of hydrogen-bond donors (Lipinski definition) is 1. The number of allylic oxidation sites excluding steroid dienone is 1. The van der Waals surface area contributed by atoms with E-state index in [0.29, 0.717) is 11.5 Å². The van der Waals surface area contributed by atoms with Gasteiger partial charge in [-0.2, -0.15) is 0 Å². The van der Waals surface area contributed by atoms with Crippen molar-refractivity contribution in [3.05, 3.63) is 52.5 Å². The van der Waals surface area contributed by atoms with E-state index in [9.17, 15) is 4.79 Å². The van der Waals surface area contributed by atoms with Gasteiger partial charge in [0.1, 0.15) is 11.5 Å². The number of hydrogen-bond acceptors (Lipinski definition) is 3. The minimum atomic E-state index is -0.0463. The summed E-state index contributed by atoms with van der Waals surface area (Å²) in [6.45, 7) is 0.835. The highest BCUT2D eigenvalue weighted by atomic mass is 16.1. The monoisotopic (exact) mass is 269 g/mol. The number of nitrogens with zero attached hydrogens (tertiary/aromatic N) is 2. The average molecular weight is 269 g/mol. The Morgan fingerprint density at radius 3 is 3.10 bits per heavy atom. The molecule has 0 atom stereocenters. The Bertz CT molecular complexity index is 687. The van der Waals surface area contributed by atoms with E-state index < -0.39 is 0 Å². The summed E-state index contributed by atoms with van der Waals surface area (Å²) < 4.78 is 1.55. The Labute approximate surface area is 118 Å². The molecule has 2 heterocycles. The number of nitrogens with one attached hydrogen (secondary N) is 1. The summed E-state index contributed by atoms with van der Waals surface area (Å²) >= 11 is 0. The zero-order valence-corrected chi connectivity index (χ0v) is 11.5. The van der Waals surface area contributed by atoms with Gasteiger partial charge in [-0.15, -0.1) is 0 Å². The van der Waals surface area contributed by atoms with Crippen LogP contribution in [0, 0.1) is 0 Å². The molecule has 1 N–H and O–H groups in total. The maximum absolute atomic E-state index is 11.9. The van der Waals surface area contributed by atoms with E-state index in [1.165, 1.54) is 31.3 Å². The van der Waals surface area contributed by atoms with Gasteiger partial charge in [0.05, 0.1) is 0 Å². The number of anilines is 1. The average Bonchev–Trinajstić information content (AvgIpc) is 2.48. The van der Waals surface area contributed by atoms with Gasteiger partial charge in [0.25, 0.3) is 5.56 Å². The summed E-state index contributed by atoms with van der Waals surface area (Å²) in [5, 5.41) is 3.26. The van der Waals surface area contributed by atoms with Crippen LogP contribution in [-0.4, -0.2) is 15.9 Å². The topological polar surface area (TPSA) is 46.4 Å². The smallest absolute Gasteiger partial charge is 0.259 e. The highest BCUT2D eigenvalue weighted by molar-refractivity contribution is 5.46. The van der Waals surface area contributed by atoms with Crippen molar-refractivity contribution in [3.8, 4) is 0 Å². The molecular formula is C16H19N3O. The third kappa shape index (κ3) is 2.90. The highest BCUT2D eigenvalue weighted by Gasteiger charge is 2.04. The van der Waals surface area contributed by atoms with E-state index >= 15 is 0 Å². The zero-order valence-electron chi connectivity index (χ0n) is 11.5. The standard InChI is InChI=1S/C16H19N3O/c20-16-12-14(18-15-8-4-5-11-19(15)16)17-10-9-13-6-2-1-3-7-13/h4-6,8,11-12,17H,1-3,7,9-10H2. The third-order valence-electron chi connectivity index (χ3n) is 3.71. The van der Waals surface area contributed by atoms with Crippen LogP contribution in [-0.2, 0) is 0 Å². The molecule has 0 aliphatic heterocycles. The second-order valence-electron chi connectivity index (χ2n) is 5.19. The van der Waals surface area contributed by atoms with Gasteiger partial charge in [0.2, 0.25) is 0 Å². The number of fused-ring (bicyclic) bond motifs is 1. The molecule has 0 spiro atoms. The Balaban J connectivity index is 1.68. The summed E-state index contributed by atoms with van der Waals surface area (Å²) in [5.74, 6) is 0.664. The van der Waals surface area contributed by atoms with E-state index in [-0.39, 0.29) is 5.56 Å². The third-order valence-corrected chi connectivity index (χ3v) is 3.71. The zero-order chi connectivity index (χ0) is 13.8. The molecule has 0 saturated heterocycles. The molecule has 0 fully saturated rings. The molecular weight excluding hydrogens is 250 g/mol. The normalized spacial score (nSPS) is 15.1. The van der Waals surface area contributed by atoms with E-state index in [0.717, 1.165) is 13.0 Å². The molecule has 0 unspecified atom stereocenters. The van der Waals surface area contributed by atoms with Crippen molar-refractivity contribution < 1.29 is 0 Å². The second kappa shape index (κ2) is 5.90. The van der Waals surface area contributed by atoms with Gasteiger partial charge >= 0.3 is 0 Å². The van der Waals surface area contributed by atoms with Gasteiger partial charge in [-0.25, -0.2) is 4.98 Å². The first-order valence-electron chi connectivity index (χ1n) is 7.23. The lowest BCUT2D eigenvalue weighted by molar-refractivity contribution is 0.679. The Kier molecular flexibility index (Phi) is 3.81. The Hall–Kier alpha value is -2.10. The fourth-order valence-electron chi connectivity index (χ4n) is 2.63. The lowest BCUT2D eigenvalue weighted by atomic mass is 9.97. The minimum Gasteiger partial charge on any atom is -0.370 e. The maximum atomic E-state index is 11.9. The molecule has 0 saturated carbocycles. The Morgan fingerprint density at radius 2 is 2.25 bits per heavy atom. The molecule has 0 bridgehead atoms. The van der Waals surface area contributed by atoms with Gasteiger partial charge in [0.15, 0.2) is 0 Å². The Morgan fingerprint density at radius 1 is 1.30 bits per heavy atom. The molecule has 104 valence electrons. The van der Waals surface area contributed by atoms with Gasteiger partial charge in [0, 0.05) is 18.8 Å². The second-order valence-corrected chi connectivity index (χ2v) is 5.19. The largest absolute Gasteiger partial charge is 0.370 e. The van der Waals surface area contributed by atoms with Crippen LogP contribution in [0.5, 0.6) is 0 Å². The van der Waals surface area contributed by atoms with E-state index in [4.69, 9.17) is 0 Å². The van der Waals surface area contributed by atoms with Crippen LogP contribution >= 0.6 is 0 Å². The summed E-state index contributed by atoms with van der Waals surface area (Å²) in [5.41, 5.74) is 2.16. The summed E-state index contributed by atoms with van der Waals surface area (Å²) in [6.07, 6.45) is 10.2. The SMILES string of the molecule is O=c1cc(NCCC2=CCCCC2)nc2ccccn12. The van der Waals surface area contributed by atoms with Crippen molar-refractivity contribution in [1.82, 2.24) is 9.38 Å². The fourth-order valence-corrected chi connectivity index (χ4v) is 2.63. The molecule has 0 aromatic carbocycles. The van der Waals surface area contributed by atoms with Gasteiger partial charge in [-0.1, -0.05) is 17.7 Å². The molecule has 1 aliphatic carbocycles. The first-order chi connectivity index (χ1) is 9.83. The van der Waals surface area contributed by atoms with Crippen LogP contribution in [0.3, 0.4) is 0 Å². The lowest BCUT2D eigenvalue weighted by Gasteiger charge is -2.13. The van der Waals surface area contributed by atoms with Crippen molar-refractivity contribution in [2.24, 2.45) is 0 Å². The van der Waals surface area contributed by atoms with Crippen LogP contribution in [0.15, 0.2) is 46.9 Å². The number of aromatic nitrogens is 2. The first kappa shape index (κ1) is 12.9. The van der Waals surface area contributed by atoms with Crippen molar-refractivity contribution in [1.29, 1.82) is 0 Å². The van der Waals surface area contributed by atoms with Gasteiger partial charge in [-0.05, 0) is 44.2 Å². The molecule has 20 heavy (non-hydrogen) atoms. The lowest BCUT2D eigenvalue weighted by Crippen LogP contribution is -2.16. The summed E-state index contributed by atoms with van der Waals surface area (Å²) in [7, 11) is 0. The van der Waals surface area contributed by atoms with Crippen molar-refractivity contribution in [3.63, 3.8) is 0 Å². The predicted molar refractivity (Wildman–Crippen MR) is 81.1 cm³/mol. The highest BCUT2D eigenvalue weighted by Crippen LogP contribution is 2.19.